The average molecular weight is 316 g/mol. The molecular formula is C14H15ClFNO4. The second-order valence-corrected chi connectivity index (χ2v) is 5.27. The molecule has 1 heterocycles. The van der Waals surface area contributed by atoms with Crippen molar-refractivity contribution in [2.24, 2.45) is 0 Å². The molecular weight excluding hydrogens is 301 g/mol. The number of carboxylic acids is 1. The second kappa shape index (κ2) is 6.30. The summed E-state index contributed by atoms with van der Waals surface area (Å²) in [6.07, 6.45) is 0.186. The van der Waals surface area contributed by atoms with Crippen molar-refractivity contribution >= 4 is 23.5 Å². The molecule has 0 spiro atoms. The quantitative estimate of drug-likeness (QED) is 0.926. The number of likely N-dealkylation sites (tertiary alicyclic amines) is 1. The summed E-state index contributed by atoms with van der Waals surface area (Å²) in [6, 6.07) is 2.78. The van der Waals surface area contributed by atoms with Gasteiger partial charge in [0.25, 0.3) is 5.91 Å². The van der Waals surface area contributed by atoms with E-state index in [-0.39, 0.29) is 10.8 Å². The number of hydrogen-bond donors (Lipinski definition) is 1. The van der Waals surface area contributed by atoms with Gasteiger partial charge < -0.3 is 14.7 Å². The van der Waals surface area contributed by atoms with Crippen LogP contribution in [0.4, 0.5) is 4.39 Å². The summed E-state index contributed by atoms with van der Waals surface area (Å²) < 4.78 is 18.4. The van der Waals surface area contributed by atoms with Gasteiger partial charge in [0.05, 0.1) is 5.02 Å². The van der Waals surface area contributed by atoms with Crippen LogP contribution in [-0.2, 0) is 9.59 Å². The molecule has 2 rings (SSSR count). The molecule has 1 aromatic rings. The third-order valence-electron chi connectivity index (χ3n) is 3.37. The van der Waals surface area contributed by atoms with Crippen LogP contribution in [-0.4, -0.2) is 40.6 Å². The monoisotopic (exact) mass is 315 g/mol. The summed E-state index contributed by atoms with van der Waals surface area (Å²) in [7, 11) is 0. The van der Waals surface area contributed by atoms with Crippen LogP contribution in [0, 0.1) is 5.82 Å². The first-order chi connectivity index (χ1) is 9.90. The van der Waals surface area contributed by atoms with E-state index in [0.29, 0.717) is 19.4 Å². The Hall–Kier alpha value is -1.82. The number of carbonyl (C=O) groups is 2. The maximum Gasteiger partial charge on any atom is 0.326 e. The minimum atomic E-state index is -1.02. The second-order valence-electron chi connectivity index (χ2n) is 4.86. The van der Waals surface area contributed by atoms with Crippen molar-refractivity contribution < 1.29 is 23.8 Å². The van der Waals surface area contributed by atoms with Crippen molar-refractivity contribution in [3.8, 4) is 5.75 Å². The van der Waals surface area contributed by atoms with Crippen LogP contribution in [0.3, 0.4) is 0 Å². The molecule has 0 aromatic heterocycles. The Morgan fingerprint density at radius 2 is 2.24 bits per heavy atom. The Bertz CT molecular complexity index is 566. The van der Waals surface area contributed by atoms with Crippen molar-refractivity contribution in [3.63, 3.8) is 0 Å². The number of ether oxygens (including phenoxy) is 1. The first-order valence-corrected chi connectivity index (χ1v) is 6.93. The van der Waals surface area contributed by atoms with E-state index in [4.69, 9.17) is 21.4 Å². The number of carboxylic acid groups (broad SMARTS) is 1. The van der Waals surface area contributed by atoms with Gasteiger partial charge >= 0.3 is 5.97 Å². The zero-order valence-corrected chi connectivity index (χ0v) is 12.1. The van der Waals surface area contributed by atoms with Crippen LogP contribution in [0.25, 0.3) is 0 Å². The number of hydrogen-bond acceptors (Lipinski definition) is 3. The van der Waals surface area contributed by atoms with E-state index in [0.717, 1.165) is 6.07 Å². The summed E-state index contributed by atoms with van der Waals surface area (Å²) in [5.41, 5.74) is 0. The molecule has 1 N–H and O–H groups in total. The summed E-state index contributed by atoms with van der Waals surface area (Å²) in [5, 5.41) is 9.14. The van der Waals surface area contributed by atoms with Gasteiger partial charge in [-0.25, -0.2) is 9.18 Å². The third-order valence-corrected chi connectivity index (χ3v) is 3.66. The van der Waals surface area contributed by atoms with Gasteiger partial charge in [-0.2, -0.15) is 0 Å². The molecule has 114 valence electrons. The molecule has 0 bridgehead atoms. The van der Waals surface area contributed by atoms with E-state index in [1.807, 2.05) is 0 Å². The van der Waals surface area contributed by atoms with Crippen molar-refractivity contribution in [3.05, 3.63) is 29.0 Å². The lowest BCUT2D eigenvalue weighted by Crippen LogP contribution is -2.46. The Balaban J connectivity index is 2.07. The number of rotatable bonds is 4. The largest absolute Gasteiger partial charge is 0.480 e. The SMILES string of the molecule is C[C@@H](Oc1ccc(F)cc1Cl)C(=O)N1CCC[C@@H]1C(=O)O. The van der Waals surface area contributed by atoms with Crippen LogP contribution >= 0.6 is 11.6 Å². The zero-order chi connectivity index (χ0) is 15.6. The molecule has 7 heteroatoms. The van der Waals surface area contributed by atoms with Gasteiger partial charge in [0, 0.05) is 6.54 Å². The zero-order valence-electron chi connectivity index (χ0n) is 11.4. The number of nitrogens with zero attached hydrogens (tertiary/aromatic N) is 1. The van der Waals surface area contributed by atoms with Gasteiger partial charge in [-0.3, -0.25) is 4.79 Å². The molecule has 2 atom stereocenters. The highest BCUT2D eigenvalue weighted by Gasteiger charge is 2.36. The molecule has 1 aromatic carbocycles. The molecule has 1 fully saturated rings. The maximum absolute atomic E-state index is 12.9. The topological polar surface area (TPSA) is 66.8 Å². The fourth-order valence-electron chi connectivity index (χ4n) is 2.33. The molecule has 0 unspecified atom stereocenters. The Labute approximate surface area is 126 Å². The molecule has 1 aliphatic heterocycles. The first kappa shape index (κ1) is 15.6. The van der Waals surface area contributed by atoms with Gasteiger partial charge in [0.15, 0.2) is 6.10 Å². The van der Waals surface area contributed by atoms with E-state index in [2.05, 4.69) is 0 Å². The predicted octanol–water partition coefficient (Wildman–Crippen LogP) is 2.32. The van der Waals surface area contributed by atoms with Crippen molar-refractivity contribution in [2.45, 2.75) is 31.9 Å². The van der Waals surface area contributed by atoms with Gasteiger partial charge in [0.2, 0.25) is 0 Å². The fraction of sp³-hybridized carbons (Fsp3) is 0.429. The fourth-order valence-corrected chi connectivity index (χ4v) is 2.54. The van der Waals surface area contributed by atoms with E-state index in [1.165, 1.54) is 24.0 Å². The minimum Gasteiger partial charge on any atom is -0.480 e. The standard InChI is InChI=1S/C14H15ClFNO4/c1-8(21-12-5-4-9(16)7-10(12)15)13(18)17-6-2-3-11(17)14(19)20/h4-5,7-8,11H,2-3,6H2,1H3,(H,19,20)/t8-,11-/m1/s1. The normalized spacial score (nSPS) is 19.4. The third kappa shape index (κ3) is 3.44. The lowest BCUT2D eigenvalue weighted by Gasteiger charge is -2.25. The van der Waals surface area contributed by atoms with Gasteiger partial charge in [-0.05, 0) is 38.0 Å². The van der Waals surface area contributed by atoms with Crippen molar-refractivity contribution in [1.29, 1.82) is 0 Å². The van der Waals surface area contributed by atoms with E-state index in [1.54, 1.807) is 0 Å². The molecule has 21 heavy (non-hydrogen) atoms. The van der Waals surface area contributed by atoms with Crippen LogP contribution in [0.2, 0.25) is 5.02 Å². The van der Waals surface area contributed by atoms with Crippen LogP contribution in [0.5, 0.6) is 5.75 Å². The van der Waals surface area contributed by atoms with Crippen molar-refractivity contribution in [2.75, 3.05) is 6.54 Å². The Kier molecular flexibility index (Phi) is 4.67. The highest BCUT2D eigenvalue weighted by molar-refractivity contribution is 6.32. The predicted molar refractivity (Wildman–Crippen MR) is 73.9 cm³/mol. The van der Waals surface area contributed by atoms with Crippen molar-refractivity contribution in [1.82, 2.24) is 4.90 Å². The lowest BCUT2D eigenvalue weighted by molar-refractivity contribution is -0.150. The number of halogens is 2. The smallest absolute Gasteiger partial charge is 0.326 e. The molecule has 1 aliphatic rings. The first-order valence-electron chi connectivity index (χ1n) is 6.55. The van der Waals surface area contributed by atoms with Gasteiger partial charge in [0.1, 0.15) is 17.6 Å². The van der Waals surface area contributed by atoms with Gasteiger partial charge in [-0.15, -0.1) is 0 Å². The molecule has 0 radical (unpaired) electrons. The molecule has 1 amide bonds. The Morgan fingerprint density at radius 1 is 1.52 bits per heavy atom. The highest BCUT2D eigenvalue weighted by atomic mass is 35.5. The molecule has 0 saturated carbocycles. The maximum atomic E-state index is 12.9. The summed E-state index contributed by atoms with van der Waals surface area (Å²) in [6.45, 7) is 1.90. The average Bonchev–Trinajstić information content (AvgIpc) is 2.90. The molecule has 5 nitrogen and oxygen atoms in total. The number of aliphatic carboxylic acids is 1. The van der Waals surface area contributed by atoms with Crippen LogP contribution in [0.15, 0.2) is 18.2 Å². The van der Waals surface area contributed by atoms with Crippen LogP contribution in [0.1, 0.15) is 19.8 Å². The number of benzene rings is 1. The minimum absolute atomic E-state index is 0.0610. The molecule has 1 saturated heterocycles. The summed E-state index contributed by atoms with van der Waals surface area (Å²) >= 11 is 5.83. The number of amides is 1. The summed E-state index contributed by atoms with van der Waals surface area (Å²) in [4.78, 5) is 24.7. The van der Waals surface area contributed by atoms with E-state index >= 15 is 0 Å². The Morgan fingerprint density at radius 3 is 2.86 bits per heavy atom. The highest BCUT2D eigenvalue weighted by Crippen LogP contribution is 2.27. The van der Waals surface area contributed by atoms with E-state index < -0.39 is 29.8 Å². The molecule has 0 aliphatic carbocycles. The summed E-state index contributed by atoms with van der Waals surface area (Å²) in [5.74, 6) is -1.75. The number of carbonyl (C=O) groups excluding carboxylic acids is 1. The van der Waals surface area contributed by atoms with Gasteiger partial charge in [-0.1, -0.05) is 11.6 Å². The van der Waals surface area contributed by atoms with Crippen LogP contribution < -0.4 is 4.74 Å². The lowest BCUT2D eigenvalue weighted by atomic mass is 10.2. The van der Waals surface area contributed by atoms with E-state index in [9.17, 15) is 14.0 Å².